The van der Waals surface area contributed by atoms with Crippen molar-refractivity contribution in [2.24, 2.45) is 11.0 Å². The van der Waals surface area contributed by atoms with E-state index in [-0.39, 0.29) is 17.7 Å². The van der Waals surface area contributed by atoms with Gasteiger partial charge in [-0.1, -0.05) is 18.2 Å². The Labute approximate surface area is 152 Å². The van der Waals surface area contributed by atoms with Crippen LogP contribution in [0.25, 0.3) is 0 Å². The highest BCUT2D eigenvalue weighted by Gasteiger charge is 2.29. The molecule has 0 aromatic heterocycles. The SMILES string of the molecule is COc1cccc(C(=O)N/N=C(\C)c2cccc(NC(=O)C3CC3)c2)c1. The first-order valence-electron chi connectivity index (χ1n) is 8.47. The molecule has 1 saturated carbocycles. The van der Waals surface area contributed by atoms with Gasteiger partial charge in [-0.25, -0.2) is 5.43 Å². The van der Waals surface area contributed by atoms with Gasteiger partial charge < -0.3 is 10.1 Å². The molecule has 2 aromatic rings. The standard InChI is InChI=1S/C20H21N3O3/c1-13(22-23-20(25)16-6-4-8-18(12-16)26-2)15-5-3-7-17(11-15)21-19(24)14-9-10-14/h3-8,11-12,14H,9-10H2,1-2H3,(H,21,24)(H,23,25)/b22-13+. The number of carbonyl (C=O) groups is 2. The van der Waals surface area contributed by atoms with E-state index in [2.05, 4.69) is 15.8 Å². The van der Waals surface area contributed by atoms with Crippen LogP contribution in [0.5, 0.6) is 5.75 Å². The molecule has 1 aliphatic rings. The summed E-state index contributed by atoms with van der Waals surface area (Å²) < 4.78 is 5.12. The van der Waals surface area contributed by atoms with E-state index in [0.717, 1.165) is 24.1 Å². The highest BCUT2D eigenvalue weighted by atomic mass is 16.5. The maximum Gasteiger partial charge on any atom is 0.271 e. The topological polar surface area (TPSA) is 79.8 Å². The molecule has 0 atom stereocenters. The number of hydrogen-bond acceptors (Lipinski definition) is 4. The Morgan fingerprint density at radius 2 is 1.81 bits per heavy atom. The van der Waals surface area contributed by atoms with Gasteiger partial charge in [-0.15, -0.1) is 0 Å². The summed E-state index contributed by atoms with van der Waals surface area (Å²) in [5, 5.41) is 7.06. The second-order valence-electron chi connectivity index (χ2n) is 6.21. The summed E-state index contributed by atoms with van der Waals surface area (Å²) in [4.78, 5) is 24.1. The van der Waals surface area contributed by atoms with Crippen LogP contribution in [0.1, 0.15) is 35.7 Å². The van der Waals surface area contributed by atoms with E-state index in [0.29, 0.717) is 17.0 Å². The zero-order chi connectivity index (χ0) is 18.5. The van der Waals surface area contributed by atoms with Gasteiger partial charge in [0.25, 0.3) is 5.91 Å². The van der Waals surface area contributed by atoms with Crippen LogP contribution >= 0.6 is 0 Å². The number of ether oxygens (including phenoxy) is 1. The van der Waals surface area contributed by atoms with Crippen LogP contribution in [-0.4, -0.2) is 24.6 Å². The molecule has 0 spiro atoms. The van der Waals surface area contributed by atoms with Crippen LogP contribution in [0.3, 0.4) is 0 Å². The Bertz CT molecular complexity index is 857. The van der Waals surface area contributed by atoms with E-state index >= 15 is 0 Å². The van der Waals surface area contributed by atoms with Crippen LogP contribution < -0.4 is 15.5 Å². The molecule has 0 heterocycles. The number of nitrogens with one attached hydrogen (secondary N) is 2. The zero-order valence-electron chi connectivity index (χ0n) is 14.8. The van der Waals surface area contributed by atoms with Gasteiger partial charge in [0.15, 0.2) is 0 Å². The smallest absolute Gasteiger partial charge is 0.271 e. The van der Waals surface area contributed by atoms with Crippen LogP contribution in [0.2, 0.25) is 0 Å². The Kier molecular flexibility index (Phi) is 5.31. The molecule has 1 fully saturated rings. The van der Waals surface area contributed by atoms with Crippen LogP contribution in [0, 0.1) is 5.92 Å². The molecule has 2 N–H and O–H groups in total. The molecule has 2 amide bonds. The van der Waals surface area contributed by atoms with Crippen LogP contribution in [0.15, 0.2) is 53.6 Å². The fraction of sp³-hybridized carbons (Fsp3) is 0.250. The van der Waals surface area contributed by atoms with Crippen LogP contribution in [0.4, 0.5) is 5.69 Å². The molecule has 6 heteroatoms. The molecule has 1 aliphatic carbocycles. The quantitative estimate of drug-likeness (QED) is 0.619. The van der Waals surface area contributed by atoms with Gasteiger partial charge in [-0.3, -0.25) is 9.59 Å². The average molecular weight is 351 g/mol. The number of benzene rings is 2. The number of hydrazone groups is 1. The minimum atomic E-state index is -0.318. The summed E-state index contributed by atoms with van der Waals surface area (Å²) in [5.74, 6) is 0.498. The Morgan fingerprint density at radius 3 is 2.54 bits per heavy atom. The number of nitrogens with zero attached hydrogens (tertiary/aromatic N) is 1. The number of amides is 2. The summed E-state index contributed by atoms with van der Waals surface area (Å²) in [6.45, 7) is 1.80. The van der Waals surface area contributed by atoms with Crippen LogP contribution in [-0.2, 0) is 4.79 Å². The summed E-state index contributed by atoms with van der Waals surface area (Å²) in [5.41, 5.74) is 5.20. The van der Waals surface area contributed by atoms with Gasteiger partial charge in [0.1, 0.15) is 5.75 Å². The Hall–Kier alpha value is -3.15. The van der Waals surface area contributed by atoms with Gasteiger partial charge >= 0.3 is 0 Å². The molecule has 2 aromatic carbocycles. The lowest BCUT2D eigenvalue weighted by atomic mass is 10.1. The number of rotatable bonds is 6. The number of hydrogen-bond donors (Lipinski definition) is 2. The van der Waals surface area contributed by atoms with Gasteiger partial charge in [0.2, 0.25) is 5.91 Å². The lowest BCUT2D eigenvalue weighted by Gasteiger charge is -2.08. The van der Waals surface area contributed by atoms with Crippen molar-refractivity contribution < 1.29 is 14.3 Å². The zero-order valence-corrected chi connectivity index (χ0v) is 14.8. The van der Waals surface area contributed by atoms with Crippen molar-refractivity contribution in [3.63, 3.8) is 0 Å². The summed E-state index contributed by atoms with van der Waals surface area (Å²) in [7, 11) is 1.55. The third-order valence-corrected chi connectivity index (χ3v) is 4.15. The molecule has 0 radical (unpaired) electrons. The minimum Gasteiger partial charge on any atom is -0.497 e. The van der Waals surface area contributed by atoms with E-state index < -0.39 is 0 Å². The number of anilines is 1. The van der Waals surface area contributed by atoms with Crippen molar-refractivity contribution in [3.05, 3.63) is 59.7 Å². The van der Waals surface area contributed by atoms with Gasteiger partial charge in [-0.05, 0) is 55.7 Å². The minimum absolute atomic E-state index is 0.0584. The van der Waals surface area contributed by atoms with Gasteiger partial charge in [-0.2, -0.15) is 5.10 Å². The monoisotopic (exact) mass is 351 g/mol. The Balaban J connectivity index is 1.66. The number of carbonyl (C=O) groups excluding carboxylic acids is 2. The van der Waals surface area contributed by atoms with Crippen molar-refractivity contribution in [1.29, 1.82) is 0 Å². The molecular weight excluding hydrogens is 330 g/mol. The van der Waals surface area contributed by atoms with Crippen molar-refractivity contribution in [3.8, 4) is 5.75 Å². The van der Waals surface area contributed by atoms with Gasteiger partial charge in [0.05, 0.1) is 12.8 Å². The first kappa shape index (κ1) is 17.7. The summed E-state index contributed by atoms with van der Waals surface area (Å²) >= 11 is 0. The predicted molar refractivity (Wildman–Crippen MR) is 100 cm³/mol. The lowest BCUT2D eigenvalue weighted by molar-refractivity contribution is -0.117. The maximum absolute atomic E-state index is 12.2. The summed E-state index contributed by atoms with van der Waals surface area (Å²) in [6.07, 6.45) is 1.92. The first-order chi connectivity index (χ1) is 12.6. The second-order valence-corrected chi connectivity index (χ2v) is 6.21. The molecule has 3 rings (SSSR count). The normalized spacial score (nSPS) is 13.8. The van der Waals surface area contributed by atoms with Gasteiger partial charge in [0, 0.05) is 17.2 Å². The predicted octanol–water partition coefficient (Wildman–Crippen LogP) is 3.20. The first-order valence-corrected chi connectivity index (χ1v) is 8.47. The molecular formula is C20H21N3O3. The van der Waals surface area contributed by atoms with Crippen molar-refractivity contribution in [2.75, 3.05) is 12.4 Å². The lowest BCUT2D eigenvalue weighted by Crippen LogP contribution is -2.19. The molecule has 0 bridgehead atoms. The van der Waals surface area contributed by atoms with Crippen molar-refractivity contribution >= 4 is 23.2 Å². The molecule has 0 saturated heterocycles. The summed E-state index contributed by atoms with van der Waals surface area (Å²) in [6, 6.07) is 14.3. The van der Waals surface area contributed by atoms with E-state index in [1.807, 2.05) is 24.3 Å². The van der Waals surface area contributed by atoms with E-state index in [9.17, 15) is 9.59 Å². The average Bonchev–Trinajstić information content (AvgIpc) is 3.51. The fourth-order valence-electron chi connectivity index (χ4n) is 2.44. The highest BCUT2D eigenvalue weighted by Crippen LogP contribution is 2.30. The third kappa shape index (κ3) is 4.47. The highest BCUT2D eigenvalue weighted by molar-refractivity contribution is 6.02. The molecule has 6 nitrogen and oxygen atoms in total. The van der Waals surface area contributed by atoms with Crippen molar-refractivity contribution in [2.45, 2.75) is 19.8 Å². The third-order valence-electron chi connectivity index (χ3n) is 4.15. The molecule has 0 aliphatic heterocycles. The fourth-order valence-corrected chi connectivity index (χ4v) is 2.44. The molecule has 26 heavy (non-hydrogen) atoms. The largest absolute Gasteiger partial charge is 0.497 e. The molecule has 0 unspecified atom stereocenters. The number of methoxy groups -OCH3 is 1. The second kappa shape index (κ2) is 7.82. The van der Waals surface area contributed by atoms with E-state index in [1.54, 1.807) is 38.3 Å². The van der Waals surface area contributed by atoms with Crippen molar-refractivity contribution in [1.82, 2.24) is 5.43 Å². The van der Waals surface area contributed by atoms with E-state index in [4.69, 9.17) is 4.74 Å². The molecule has 134 valence electrons. The Morgan fingerprint density at radius 1 is 1.08 bits per heavy atom. The maximum atomic E-state index is 12.2. The van der Waals surface area contributed by atoms with E-state index in [1.165, 1.54) is 0 Å².